The van der Waals surface area contributed by atoms with Gasteiger partial charge in [0.1, 0.15) is 6.10 Å². The Bertz CT molecular complexity index is 909. The first kappa shape index (κ1) is 17.2. The molecule has 2 aromatic heterocycles. The van der Waals surface area contributed by atoms with E-state index in [2.05, 4.69) is 51.1 Å². The molecule has 1 saturated heterocycles. The van der Waals surface area contributed by atoms with Crippen molar-refractivity contribution in [3.8, 4) is 17.1 Å². The molecule has 0 saturated carbocycles. The van der Waals surface area contributed by atoms with Gasteiger partial charge in [-0.3, -0.25) is 4.98 Å². The molecular formula is C21H20N4O2. The van der Waals surface area contributed by atoms with Crippen molar-refractivity contribution in [2.75, 3.05) is 18.5 Å². The Morgan fingerprint density at radius 1 is 1.15 bits per heavy atom. The molecule has 3 heterocycles. The number of hydrogen-bond acceptors (Lipinski definition) is 6. The Morgan fingerprint density at radius 2 is 2.00 bits per heavy atom. The van der Waals surface area contributed by atoms with E-state index < -0.39 is 0 Å². The monoisotopic (exact) mass is 360 g/mol. The minimum atomic E-state index is 0.0468. The van der Waals surface area contributed by atoms with Crippen molar-refractivity contribution < 1.29 is 9.47 Å². The lowest BCUT2D eigenvalue weighted by Crippen LogP contribution is -2.39. The van der Waals surface area contributed by atoms with Crippen LogP contribution >= 0.6 is 0 Å². The fourth-order valence-corrected chi connectivity index (χ4v) is 2.64. The number of pyridine rings is 1. The van der Waals surface area contributed by atoms with Crippen molar-refractivity contribution in [3.05, 3.63) is 72.6 Å². The maximum atomic E-state index is 5.84. The summed E-state index contributed by atoms with van der Waals surface area (Å²) < 4.78 is 11.0. The second-order valence-electron chi connectivity index (χ2n) is 6.20. The lowest BCUT2D eigenvalue weighted by Gasteiger charge is -2.26. The quantitative estimate of drug-likeness (QED) is 0.695. The molecule has 0 amide bonds. The summed E-state index contributed by atoms with van der Waals surface area (Å²) >= 11 is 0. The van der Waals surface area contributed by atoms with Crippen LogP contribution in [0.15, 0.2) is 61.4 Å². The summed E-state index contributed by atoms with van der Waals surface area (Å²) in [5.41, 5.74) is 3.94. The molecule has 6 nitrogen and oxygen atoms in total. The molecule has 0 spiro atoms. The van der Waals surface area contributed by atoms with Crippen LogP contribution in [0, 0.1) is 0 Å². The van der Waals surface area contributed by atoms with E-state index in [1.807, 2.05) is 18.2 Å². The van der Waals surface area contributed by atoms with Gasteiger partial charge in [-0.1, -0.05) is 43.0 Å². The molecule has 3 aromatic rings. The summed E-state index contributed by atoms with van der Waals surface area (Å²) in [5.74, 6) is 1.05. The topological polar surface area (TPSA) is 69.2 Å². The van der Waals surface area contributed by atoms with Crippen molar-refractivity contribution in [1.82, 2.24) is 15.0 Å². The normalized spacial score (nSPS) is 13.6. The largest absolute Gasteiger partial charge is 0.469 e. The van der Waals surface area contributed by atoms with Gasteiger partial charge in [0.05, 0.1) is 24.5 Å². The maximum absolute atomic E-state index is 5.84. The van der Waals surface area contributed by atoms with E-state index in [9.17, 15) is 0 Å². The van der Waals surface area contributed by atoms with E-state index in [4.69, 9.17) is 9.47 Å². The number of anilines is 1. The van der Waals surface area contributed by atoms with Gasteiger partial charge in [-0.2, -0.15) is 4.98 Å². The Labute approximate surface area is 157 Å². The molecule has 1 aliphatic heterocycles. The summed E-state index contributed by atoms with van der Waals surface area (Å²) in [4.78, 5) is 13.2. The second kappa shape index (κ2) is 7.97. The molecule has 1 N–H and O–H groups in total. The zero-order valence-electron chi connectivity index (χ0n) is 14.8. The van der Waals surface area contributed by atoms with Gasteiger partial charge in [0.25, 0.3) is 0 Å². The third-order valence-electron chi connectivity index (χ3n) is 4.25. The van der Waals surface area contributed by atoms with Crippen LogP contribution in [0.1, 0.15) is 11.1 Å². The highest BCUT2D eigenvalue weighted by Crippen LogP contribution is 2.22. The predicted molar refractivity (Wildman–Crippen MR) is 104 cm³/mol. The summed E-state index contributed by atoms with van der Waals surface area (Å²) in [7, 11) is 0. The van der Waals surface area contributed by atoms with Crippen molar-refractivity contribution in [3.63, 3.8) is 0 Å². The van der Waals surface area contributed by atoms with E-state index in [1.54, 1.807) is 18.5 Å². The standard InChI is InChI=1S/C21H20N4O2/c1-2-16-12-24-21(25-20(16)27-18-13-26-14-18)23-11-15-6-8-17(9-7-15)19-5-3-4-10-22-19/h2-10,12,18H,1,11,13-14H2,(H,23,24,25). The first-order valence-electron chi connectivity index (χ1n) is 8.80. The first-order valence-corrected chi connectivity index (χ1v) is 8.80. The van der Waals surface area contributed by atoms with Crippen molar-refractivity contribution in [2.45, 2.75) is 12.6 Å². The van der Waals surface area contributed by atoms with Crippen LogP contribution in [0.4, 0.5) is 5.95 Å². The summed E-state index contributed by atoms with van der Waals surface area (Å²) in [5, 5.41) is 3.24. The molecule has 0 bridgehead atoms. The molecule has 1 fully saturated rings. The van der Waals surface area contributed by atoms with Crippen LogP contribution in [0.25, 0.3) is 17.3 Å². The van der Waals surface area contributed by atoms with Crippen LogP contribution in [0.5, 0.6) is 5.88 Å². The van der Waals surface area contributed by atoms with E-state index in [0.717, 1.165) is 22.4 Å². The Kier molecular flexibility index (Phi) is 5.07. The number of rotatable bonds is 7. The Hall–Kier alpha value is -3.25. The highest BCUT2D eigenvalue weighted by molar-refractivity contribution is 5.59. The summed E-state index contributed by atoms with van der Waals surface area (Å²) in [6.45, 7) is 5.57. The predicted octanol–water partition coefficient (Wildman–Crippen LogP) is 3.57. The number of nitrogens with zero attached hydrogens (tertiary/aromatic N) is 3. The molecule has 4 rings (SSSR count). The fourth-order valence-electron chi connectivity index (χ4n) is 2.64. The van der Waals surface area contributed by atoms with E-state index in [1.165, 1.54) is 0 Å². The molecule has 0 atom stereocenters. The average molecular weight is 360 g/mol. The molecule has 27 heavy (non-hydrogen) atoms. The minimum Gasteiger partial charge on any atom is -0.469 e. The first-order chi connectivity index (χ1) is 13.3. The van der Waals surface area contributed by atoms with Crippen LogP contribution in [-0.4, -0.2) is 34.3 Å². The molecule has 0 aliphatic carbocycles. The highest BCUT2D eigenvalue weighted by Gasteiger charge is 2.22. The fraction of sp³-hybridized carbons (Fsp3) is 0.190. The second-order valence-corrected chi connectivity index (χ2v) is 6.20. The Morgan fingerprint density at radius 3 is 2.67 bits per heavy atom. The van der Waals surface area contributed by atoms with Gasteiger partial charge >= 0.3 is 0 Å². The van der Waals surface area contributed by atoms with Gasteiger partial charge in [0.2, 0.25) is 11.8 Å². The summed E-state index contributed by atoms with van der Waals surface area (Å²) in [6.07, 6.45) is 5.24. The molecule has 0 radical (unpaired) electrons. The van der Waals surface area contributed by atoms with E-state index in [0.29, 0.717) is 31.6 Å². The lowest BCUT2D eigenvalue weighted by atomic mass is 10.1. The third-order valence-corrected chi connectivity index (χ3v) is 4.25. The average Bonchev–Trinajstić information content (AvgIpc) is 2.70. The van der Waals surface area contributed by atoms with Crippen molar-refractivity contribution in [2.24, 2.45) is 0 Å². The number of ether oxygens (including phenoxy) is 2. The van der Waals surface area contributed by atoms with Crippen LogP contribution in [-0.2, 0) is 11.3 Å². The van der Waals surface area contributed by atoms with Gasteiger partial charge in [0, 0.05) is 24.5 Å². The number of nitrogens with one attached hydrogen (secondary N) is 1. The molecule has 0 unspecified atom stereocenters. The van der Waals surface area contributed by atoms with E-state index in [-0.39, 0.29) is 6.10 Å². The summed E-state index contributed by atoms with van der Waals surface area (Å²) in [6, 6.07) is 14.2. The van der Waals surface area contributed by atoms with E-state index >= 15 is 0 Å². The molecule has 6 heteroatoms. The van der Waals surface area contributed by atoms with Gasteiger partial charge in [-0.15, -0.1) is 0 Å². The van der Waals surface area contributed by atoms with Crippen molar-refractivity contribution >= 4 is 12.0 Å². The van der Waals surface area contributed by atoms with Crippen LogP contribution in [0.3, 0.4) is 0 Å². The van der Waals surface area contributed by atoms with Gasteiger partial charge < -0.3 is 14.8 Å². The number of benzene rings is 1. The molecule has 1 aliphatic rings. The smallest absolute Gasteiger partial charge is 0.226 e. The van der Waals surface area contributed by atoms with Gasteiger partial charge in [0.15, 0.2) is 0 Å². The number of hydrogen-bond donors (Lipinski definition) is 1. The van der Waals surface area contributed by atoms with Gasteiger partial charge in [-0.05, 0) is 17.7 Å². The lowest BCUT2D eigenvalue weighted by molar-refractivity contribution is -0.0814. The molecule has 136 valence electrons. The van der Waals surface area contributed by atoms with Gasteiger partial charge in [-0.25, -0.2) is 4.98 Å². The van der Waals surface area contributed by atoms with Crippen molar-refractivity contribution in [1.29, 1.82) is 0 Å². The highest BCUT2D eigenvalue weighted by atomic mass is 16.6. The Balaban J connectivity index is 1.42. The maximum Gasteiger partial charge on any atom is 0.226 e. The minimum absolute atomic E-state index is 0.0468. The zero-order chi connectivity index (χ0) is 18.5. The SMILES string of the molecule is C=Cc1cnc(NCc2ccc(-c3ccccn3)cc2)nc1OC1COC1. The van der Waals surface area contributed by atoms with Crippen LogP contribution < -0.4 is 10.1 Å². The molecule has 1 aromatic carbocycles. The number of aromatic nitrogens is 3. The third kappa shape index (κ3) is 4.12. The molecular weight excluding hydrogens is 340 g/mol. The zero-order valence-corrected chi connectivity index (χ0v) is 14.8. The van der Waals surface area contributed by atoms with Crippen LogP contribution in [0.2, 0.25) is 0 Å².